The van der Waals surface area contributed by atoms with E-state index in [1.54, 1.807) is 75.4 Å². The fourth-order valence-electron chi connectivity index (χ4n) is 5.83. The molecule has 0 unspecified atom stereocenters. The zero-order valence-corrected chi connectivity index (χ0v) is 32.9. The van der Waals surface area contributed by atoms with Crippen LogP contribution in [0, 0.1) is 0 Å². The first-order valence-corrected chi connectivity index (χ1v) is 18.7. The summed E-state index contributed by atoms with van der Waals surface area (Å²) >= 11 is 13.7. The fraction of sp³-hybridized carbons (Fsp3) is 0.300. The summed E-state index contributed by atoms with van der Waals surface area (Å²) < 4.78 is 35.9. The molecule has 0 radical (unpaired) electrons. The van der Waals surface area contributed by atoms with Crippen molar-refractivity contribution in [3.05, 3.63) is 124 Å². The van der Waals surface area contributed by atoms with E-state index in [1.165, 1.54) is 23.0 Å². The molecule has 3 aromatic carbocycles. The Labute approximate surface area is 326 Å². The lowest BCUT2D eigenvalue weighted by atomic mass is 9.95. The molecule has 0 bridgehead atoms. The van der Waals surface area contributed by atoms with Crippen LogP contribution in [0.15, 0.2) is 82.2 Å². The molecule has 0 spiro atoms. The average Bonchev–Trinajstić information content (AvgIpc) is 3.44. The molecular weight excluding hydrogens is 755 g/mol. The Morgan fingerprint density at radius 2 is 1.69 bits per heavy atom. The first-order chi connectivity index (χ1) is 26.0. The third-order valence-electron chi connectivity index (χ3n) is 8.18. The number of thiazole rings is 1. The number of carbonyl (C=O) groups is 2. The number of aromatic nitrogens is 1. The number of benzene rings is 3. The Bertz CT molecular complexity index is 2280. The largest absolute Gasteiger partial charge is 0.490 e. The molecule has 284 valence electrons. The number of esters is 2. The van der Waals surface area contributed by atoms with E-state index in [2.05, 4.69) is 6.58 Å². The van der Waals surface area contributed by atoms with Gasteiger partial charge in [-0.2, -0.15) is 0 Å². The third-order valence-corrected chi connectivity index (χ3v) is 9.75. The molecule has 0 saturated carbocycles. The Balaban J connectivity index is 1.63. The van der Waals surface area contributed by atoms with Crippen LogP contribution in [0.25, 0.3) is 6.08 Å². The number of hydrogen-bond acceptors (Lipinski definition) is 11. The number of nitrogens with zero attached hydrogens (tertiary/aromatic N) is 2. The molecule has 0 fully saturated rings. The van der Waals surface area contributed by atoms with Crippen LogP contribution in [-0.2, 0) is 32.1 Å². The molecule has 1 aliphatic heterocycles. The average molecular weight is 796 g/mol. The van der Waals surface area contributed by atoms with Gasteiger partial charge in [-0.05, 0) is 87.7 Å². The second-order valence-corrected chi connectivity index (χ2v) is 13.6. The summed E-state index contributed by atoms with van der Waals surface area (Å²) in [6, 6.07) is 13.0. The quantitative estimate of drug-likeness (QED) is 0.0894. The minimum Gasteiger partial charge on any atom is -0.490 e. The van der Waals surface area contributed by atoms with Gasteiger partial charge in [-0.25, -0.2) is 14.6 Å². The molecule has 1 atom stereocenters. The maximum atomic E-state index is 14.4. The number of methoxy groups -OCH3 is 1. The SMILES string of the molecule is C=CCc1cc(/C=c2\sc3n(c2=O)[C@@H](c2ccc(OCC(=O)OC)c(OCC)c2)C(C(=O)OCC)=C(C)N=3)cc(OCC)c1OCc1ccc(Cl)cc1Cl. The summed E-state index contributed by atoms with van der Waals surface area (Å²) in [5.41, 5.74) is 3.01. The molecular formula is C40H40Cl2N2O9S. The number of rotatable bonds is 16. The van der Waals surface area contributed by atoms with Gasteiger partial charge in [0.1, 0.15) is 6.61 Å². The van der Waals surface area contributed by atoms with E-state index in [4.69, 9.17) is 56.6 Å². The zero-order chi connectivity index (χ0) is 38.9. The predicted molar refractivity (Wildman–Crippen MR) is 208 cm³/mol. The zero-order valence-electron chi connectivity index (χ0n) is 30.5. The van der Waals surface area contributed by atoms with Crippen molar-refractivity contribution >= 4 is 52.6 Å². The van der Waals surface area contributed by atoms with Gasteiger partial charge in [0.05, 0.1) is 48.8 Å². The number of ether oxygens (including phenoxy) is 6. The van der Waals surface area contributed by atoms with Crippen LogP contribution in [0.4, 0.5) is 0 Å². The molecule has 0 N–H and O–H groups in total. The summed E-state index contributed by atoms with van der Waals surface area (Å²) in [5.74, 6) is 0.454. The van der Waals surface area contributed by atoms with Crippen molar-refractivity contribution in [3.8, 4) is 23.0 Å². The van der Waals surface area contributed by atoms with E-state index in [-0.39, 0.29) is 37.6 Å². The van der Waals surface area contributed by atoms with Crippen LogP contribution in [-0.4, -0.2) is 50.0 Å². The molecule has 11 nitrogen and oxygen atoms in total. The van der Waals surface area contributed by atoms with Gasteiger partial charge in [0.25, 0.3) is 5.56 Å². The smallest absolute Gasteiger partial charge is 0.343 e. The molecule has 0 aliphatic carbocycles. The molecule has 0 saturated heterocycles. The van der Waals surface area contributed by atoms with E-state index in [1.807, 2.05) is 13.0 Å². The lowest BCUT2D eigenvalue weighted by Gasteiger charge is -2.25. The summed E-state index contributed by atoms with van der Waals surface area (Å²) in [6.45, 7) is 11.6. The van der Waals surface area contributed by atoms with Crippen LogP contribution in [0.3, 0.4) is 0 Å². The van der Waals surface area contributed by atoms with E-state index < -0.39 is 18.0 Å². The lowest BCUT2D eigenvalue weighted by Crippen LogP contribution is -2.40. The molecule has 1 aliphatic rings. The maximum absolute atomic E-state index is 14.4. The van der Waals surface area contributed by atoms with E-state index in [0.717, 1.165) is 11.1 Å². The van der Waals surface area contributed by atoms with Gasteiger partial charge >= 0.3 is 11.9 Å². The summed E-state index contributed by atoms with van der Waals surface area (Å²) in [4.78, 5) is 44.8. The Morgan fingerprint density at radius 3 is 2.37 bits per heavy atom. The molecule has 14 heteroatoms. The molecule has 1 aromatic heterocycles. The van der Waals surface area contributed by atoms with Crippen molar-refractivity contribution in [1.29, 1.82) is 0 Å². The van der Waals surface area contributed by atoms with Gasteiger partial charge in [0.15, 0.2) is 34.4 Å². The standard InChI is InChI=1S/C40H40Cl2N2O9S/c1-7-11-26-16-24(17-32(50-9-3)37(26)53-21-27-12-14-28(41)20-29(27)42)18-33-38(46)44-36(35(39(47)51-10-4)23(5)43-40(44)54-33)25-13-15-30(31(19-25)49-8-2)52-22-34(45)48-6/h7,12-20,36H,1,8-11,21-22H2,2-6H3/b33-18-/t36-/m0/s1. The first kappa shape index (κ1) is 40.2. The van der Waals surface area contributed by atoms with Crippen molar-refractivity contribution in [2.45, 2.75) is 46.8 Å². The van der Waals surface area contributed by atoms with Crippen LogP contribution in [0.2, 0.25) is 10.0 Å². The lowest BCUT2D eigenvalue weighted by molar-refractivity contribution is -0.143. The summed E-state index contributed by atoms with van der Waals surface area (Å²) in [5, 5.41) is 1.00. The normalized spacial score (nSPS) is 13.8. The summed E-state index contributed by atoms with van der Waals surface area (Å²) in [7, 11) is 1.27. The number of hydrogen-bond donors (Lipinski definition) is 0. The van der Waals surface area contributed by atoms with Crippen LogP contribution < -0.4 is 33.8 Å². The Morgan fingerprint density at radius 1 is 0.926 bits per heavy atom. The predicted octanol–water partition coefficient (Wildman–Crippen LogP) is 6.76. The molecule has 4 aromatic rings. The van der Waals surface area contributed by atoms with Crippen LogP contribution in [0.1, 0.15) is 56.0 Å². The van der Waals surface area contributed by atoms with Gasteiger partial charge in [-0.1, -0.05) is 52.7 Å². The first-order valence-electron chi connectivity index (χ1n) is 17.2. The van der Waals surface area contributed by atoms with Gasteiger partial charge in [0.2, 0.25) is 0 Å². The number of carbonyl (C=O) groups excluding carboxylic acids is 2. The second-order valence-electron chi connectivity index (χ2n) is 11.8. The Kier molecular flexibility index (Phi) is 13.6. The minimum absolute atomic E-state index is 0.124. The van der Waals surface area contributed by atoms with Crippen molar-refractivity contribution < 1.29 is 38.0 Å². The van der Waals surface area contributed by atoms with Gasteiger partial charge in [0, 0.05) is 21.2 Å². The molecule has 0 amide bonds. The molecule has 54 heavy (non-hydrogen) atoms. The highest BCUT2D eigenvalue weighted by Gasteiger charge is 2.34. The number of allylic oxidation sites excluding steroid dienone is 2. The van der Waals surface area contributed by atoms with Crippen molar-refractivity contribution in [2.24, 2.45) is 4.99 Å². The number of fused-ring (bicyclic) bond motifs is 1. The Hall–Kier alpha value is -5.04. The minimum atomic E-state index is -0.915. The summed E-state index contributed by atoms with van der Waals surface area (Å²) in [6.07, 6.45) is 3.97. The number of halogens is 2. The van der Waals surface area contributed by atoms with Crippen LogP contribution in [0.5, 0.6) is 23.0 Å². The van der Waals surface area contributed by atoms with Gasteiger partial charge in [-0.15, -0.1) is 6.58 Å². The van der Waals surface area contributed by atoms with E-state index >= 15 is 0 Å². The molecule has 2 heterocycles. The van der Waals surface area contributed by atoms with Crippen molar-refractivity contribution in [1.82, 2.24) is 4.57 Å². The van der Waals surface area contributed by atoms with E-state index in [9.17, 15) is 14.4 Å². The van der Waals surface area contributed by atoms with Crippen LogP contribution >= 0.6 is 34.5 Å². The van der Waals surface area contributed by atoms with Gasteiger partial charge < -0.3 is 28.4 Å². The second kappa shape index (κ2) is 18.3. The highest BCUT2D eigenvalue weighted by molar-refractivity contribution is 7.07. The third kappa shape index (κ3) is 9.00. The highest BCUT2D eigenvalue weighted by Crippen LogP contribution is 2.38. The maximum Gasteiger partial charge on any atom is 0.343 e. The van der Waals surface area contributed by atoms with Crippen molar-refractivity contribution in [2.75, 3.05) is 33.5 Å². The fourth-order valence-corrected chi connectivity index (χ4v) is 7.34. The van der Waals surface area contributed by atoms with Gasteiger partial charge in [-0.3, -0.25) is 9.36 Å². The topological polar surface area (TPSA) is 124 Å². The monoisotopic (exact) mass is 794 g/mol. The molecule has 5 rings (SSSR count). The van der Waals surface area contributed by atoms with Crippen molar-refractivity contribution in [3.63, 3.8) is 0 Å². The highest BCUT2D eigenvalue weighted by atomic mass is 35.5. The van der Waals surface area contributed by atoms with E-state index in [0.29, 0.717) is 72.2 Å².